The van der Waals surface area contributed by atoms with Crippen molar-refractivity contribution in [3.8, 4) is 5.75 Å². The van der Waals surface area contributed by atoms with Crippen molar-refractivity contribution in [3.05, 3.63) is 59.4 Å². The summed E-state index contributed by atoms with van der Waals surface area (Å²) in [5.41, 5.74) is 3.19. The molecule has 0 fully saturated rings. The molecule has 0 saturated carbocycles. The fourth-order valence-corrected chi connectivity index (χ4v) is 1.78. The molecule has 0 aliphatic rings. The molecule has 3 heteroatoms. The summed E-state index contributed by atoms with van der Waals surface area (Å²) >= 11 is 0. The van der Waals surface area contributed by atoms with Crippen LogP contribution in [-0.2, 0) is 19.4 Å². The lowest BCUT2D eigenvalue weighted by molar-refractivity contribution is 0.281. The standard InChI is InChI=1S/C16H19NO2/c1-2-13-3-6-15(17-11-13)9-10-19-16-7-4-14(12-18)5-8-16/h3-8,11,18H,2,9-10,12H2,1H3. The molecule has 1 aromatic heterocycles. The van der Waals surface area contributed by atoms with E-state index >= 15 is 0 Å². The second kappa shape index (κ2) is 6.90. The third-order valence-corrected chi connectivity index (χ3v) is 3.03. The second-order valence-corrected chi connectivity index (χ2v) is 4.41. The SMILES string of the molecule is CCc1ccc(CCOc2ccc(CO)cc2)nc1. The number of aliphatic hydroxyl groups is 1. The minimum atomic E-state index is 0.0635. The highest BCUT2D eigenvalue weighted by Crippen LogP contribution is 2.12. The summed E-state index contributed by atoms with van der Waals surface area (Å²) in [6.45, 7) is 2.79. The molecule has 0 radical (unpaired) electrons. The molecule has 0 aliphatic carbocycles. The van der Waals surface area contributed by atoms with Gasteiger partial charge in [-0.2, -0.15) is 0 Å². The van der Waals surface area contributed by atoms with Crippen LogP contribution in [0.2, 0.25) is 0 Å². The fraction of sp³-hybridized carbons (Fsp3) is 0.312. The van der Waals surface area contributed by atoms with Crippen LogP contribution in [0, 0.1) is 0 Å². The van der Waals surface area contributed by atoms with Gasteiger partial charge in [0.15, 0.2) is 0 Å². The predicted molar refractivity (Wildman–Crippen MR) is 75.2 cm³/mol. The largest absolute Gasteiger partial charge is 0.493 e. The molecule has 1 N–H and O–H groups in total. The minimum Gasteiger partial charge on any atom is -0.493 e. The van der Waals surface area contributed by atoms with Crippen LogP contribution in [0.5, 0.6) is 5.75 Å². The van der Waals surface area contributed by atoms with Gasteiger partial charge >= 0.3 is 0 Å². The summed E-state index contributed by atoms with van der Waals surface area (Å²) < 4.78 is 5.64. The van der Waals surface area contributed by atoms with Crippen molar-refractivity contribution in [2.45, 2.75) is 26.4 Å². The maximum absolute atomic E-state index is 8.95. The third kappa shape index (κ3) is 4.07. The quantitative estimate of drug-likeness (QED) is 0.865. The van der Waals surface area contributed by atoms with E-state index in [-0.39, 0.29) is 6.61 Å². The van der Waals surface area contributed by atoms with Crippen LogP contribution in [0.15, 0.2) is 42.6 Å². The van der Waals surface area contributed by atoms with Gasteiger partial charge in [0.25, 0.3) is 0 Å². The molecule has 0 aliphatic heterocycles. The van der Waals surface area contributed by atoms with Crippen molar-refractivity contribution < 1.29 is 9.84 Å². The zero-order valence-corrected chi connectivity index (χ0v) is 11.2. The Balaban J connectivity index is 1.81. The Morgan fingerprint density at radius 3 is 2.37 bits per heavy atom. The smallest absolute Gasteiger partial charge is 0.119 e. The highest BCUT2D eigenvalue weighted by atomic mass is 16.5. The Morgan fingerprint density at radius 1 is 1.05 bits per heavy atom. The van der Waals surface area contributed by atoms with E-state index in [9.17, 15) is 0 Å². The Morgan fingerprint density at radius 2 is 1.79 bits per heavy atom. The first-order valence-electron chi connectivity index (χ1n) is 6.58. The number of rotatable bonds is 6. The van der Waals surface area contributed by atoms with Crippen molar-refractivity contribution in [1.82, 2.24) is 4.98 Å². The zero-order chi connectivity index (χ0) is 13.5. The summed E-state index contributed by atoms with van der Waals surface area (Å²) in [5, 5.41) is 8.95. The summed E-state index contributed by atoms with van der Waals surface area (Å²) in [4.78, 5) is 4.40. The van der Waals surface area contributed by atoms with Crippen LogP contribution < -0.4 is 4.74 Å². The Bertz CT molecular complexity index is 444. The Hall–Kier alpha value is -1.87. The van der Waals surface area contributed by atoms with Gasteiger partial charge in [-0.05, 0) is 35.7 Å². The molecule has 0 amide bonds. The van der Waals surface area contributed by atoms with E-state index in [0.29, 0.717) is 6.61 Å². The number of hydrogen-bond acceptors (Lipinski definition) is 3. The van der Waals surface area contributed by atoms with E-state index in [1.165, 1.54) is 5.56 Å². The normalized spacial score (nSPS) is 10.4. The lowest BCUT2D eigenvalue weighted by atomic mass is 10.2. The molecule has 1 heterocycles. The molecule has 100 valence electrons. The van der Waals surface area contributed by atoms with Crippen molar-refractivity contribution in [1.29, 1.82) is 0 Å². The number of hydrogen-bond donors (Lipinski definition) is 1. The first-order chi connectivity index (χ1) is 9.31. The number of pyridine rings is 1. The molecule has 0 atom stereocenters. The second-order valence-electron chi connectivity index (χ2n) is 4.41. The topological polar surface area (TPSA) is 42.4 Å². The van der Waals surface area contributed by atoms with E-state index in [1.807, 2.05) is 30.5 Å². The molecular formula is C16H19NO2. The number of nitrogens with zero attached hydrogens (tertiary/aromatic N) is 1. The van der Waals surface area contributed by atoms with Crippen LogP contribution in [0.1, 0.15) is 23.7 Å². The average molecular weight is 257 g/mol. The lowest BCUT2D eigenvalue weighted by Crippen LogP contribution is -2.03. The number of benzene rings is 1. The summed E-state index contributed by atoms with van der Waals surface area (Å²) in [6.07, 6.45) is 3.73. The molecule has 2 rings (SSSR count). The number of aryl methyl sites for hydroxylation is 1. The van der Waals surface area contributed by atoms with E-state index in [0.717, 1.165) is 29.8 Å². The number of aliphatic hydroxyl groups excluding tert-OH is 1. The molecule has 19 heavy (non-hydrogen) atoms. The first-order valence-corrected chi connectivity index (χ1v) is 6.58. The van der Waals surface area contributed by atoms with Gasteiger partial charge in [0.05, 0.1) is 13.2 Å². The Kier molecular flexibility index (Phi) is 4.93. The summed E-state index contributed by atoms with van der Waals surface area (Å²) in [5.74, 6) is 0.822. The monoisotopic (exact) mass is 257 g/mol. The highest BCUT2D eigenvalue weighted by Gasteiger charge is 1.98. The van der Waals surface area contributed by atoms with Gasteiger partial charge in [-0.1, -0.05) is 25.1 Å². The molecule has 0 unspecified atom stereocenters. The molecular weight excluding hydrogens is 238 g/mol. The van der Waals surface area contributed by atoms with Gasteiger partial charge in [0.2, 0.25) is 0 Å². The van der Waals surface area contributed by atoms with E-state index in [1.54, 1.807) is 0 Å². The molecule has 2 aromatic rings. The van der Waals surface area contributed by atoms with Gasteiger partial charge in [0, 0.05) is 18.3 Å². The zero-order valence-electron chi connectivity index (χ0n) is 11.2. The van der Waals surface area contributed by atoms with Crippen molar-refractivity contribution in [2.75, 3.05) is 6.61 Å². The maximum Gasteiger partial charge on any atom is 0.119 e. The van der Waals surface area contributed by atoms with Crippen LogP contribution in [0.3, 0.4) is 0 Å². The average Bonchev–Trinajstić information content (AvgIpc) is 2.49. The van der Waals surface area contributed by atoms with Crippen LogP contribution >= 0.6 is 0 Å². The van der Waals surface area contributed by atoms with Gasteiger partial charge < -0.3 is 9.84 Å². The first kappa shape index (κ1) is 13.6. The lowest BCUT2D eigenvalue weighted by Gasteiger charge is -2.06. The molecule has 0 spiro atoms. The van der Waals surface area contributed by atoms with Gasteiger partial charge in [-0.15, -0.1) is 0 Å². The number of ether oxygens (including phenoxy) is 1. The van der Waals surface area contributed by atoms with Crippen LogP contribution in [-0.4, -0.2) is 16.7 Å². The minimum absolute atomic E-state index is 0.0635. The van der Waals surface area contributed by atoms with E-state index < -0.39 is 0 Å². The van der Waals surface area contributed by atoms with Crippen molar-refractivity contribution in [3.63, 3.8) is 0 Å². The van der Waals surface area contributed by atoms with Crippen LogP contribution in [0.4, 0.5) is 0 Å². The Labute approximate surface area is 113 Å². The predicted octanol–water partition coefficient (Wildman–Crippen LogP) is 2.76. The van der Waals surface area contributed by atoms with Gasteiger partial charge in [-0.25, -0.2) is 0 Å². The van der Waals surface area contributed by atoms with Crippen molar-refractivity contribution in [2.24, 2.45) is 0 Å². The third-order valence-electron chi connectivity index (χ3n) is 3.03. The molecule has 0 saturated heterocycles. The molecule has 3 nitrogen and oxygen atoms in total. The van der Waals surface area contributed by atoms with Gasteiger partial charge in [0.1, 0.15) is 5.75 Å². The molecule has 1 aromatic carbocycles. The molecule has 0 bridgehead atoms. The van der Waals surface area contributed by atoms with Crippen molar-refractivity contribution >= 4 is 0 Å². The maximum atomic E-state index is 8.95. The van der Waals surface area contributed by atoms with E-state index in [2.05, 4.69) is 24.0 Å². The summed E-state index contributed by atoms with van der Waals surface area (Å²) in [7, 11) is 0. The summed E-state index contributed by atoms with van der Waals surface area (Å²) in [6, 6.07) is 11.6. The number of aromatic nitrogens is 1. The highest BCUT2D eigenvalue weighted by molar-refractivity contribution is 5.26. The van der Waals surface area contributed by atoms with E-state index in [4.69, 9.17) is 9.84 Å². The van der Waals surface area contributed by atoms with Gasteiger partial charge in [-0.3, -0.25) is 4.98 Å². The van der Waals surface area contributed by atoms with Crippen LogP contribution in [0.25, 0.3) is 0 Å². The fourth-order valence-electron chi connectivity index (χ4n) is 1.78.